The molecule has 1 aliphatic carbocycles. The molecular formula is C10H7N3. The summed E-state index contributed by atoms with van der Waals surface area (Å²) in [5, 5.41) is 0. The highest BCUT2D eigenvalue weighted by molar-refractivity contribution is 5.73. The van der Waals surface area contributed by atoms with E-state index in [4.69, 9.17) is 0 Å². The smallest absolute Gasteiger partial charge is 0.115 e. The van der Waals surface area contributed by atoms with Crippen LogP contribution in [0.1, 0.15) is 11.3 Å². The predicted molar refractivity (Wildman–Crippen MR) is 48.1 cm³/mol. The van der Waals surface area contributed by atoms with E-state index < -0.39 is 0 Å². The van der Waals surface area contributed by atoms with E-state index in [0.29, 0.717) is 0 Å². The lowest BCUT2D eigenvalue weighted by Gasteiger charge is -1.95. The van der Waals surface area contributed by atoms with Crippen molar-refractivity contribution in [1.29, 1.82) is 0 Å². The number of hydrogen-bond donors (Lipinski definition) is 0. The van der Waals surface area contributed by atoms with Crippen molar-refractivity contribution in [1.82, 2.24) is 15.0 Å². The summed E-state index contributed by atoms with van der Waals surface area (Å²) < 4.78 is 0. The van der Waals surface area contributed by atoms with Crippen molar-refractivity contribution in [2.45, 2.75) is 6.42 Å². The highest BCUT2D eigenvalue weighted by Gasteiger charge is 2.18. The van der Waals surface area contributed by atoms with Gasteiger partial charge in [0.25, 0.3) is 0 Å². The van der Waals surface area contributed by atoms with Crippen molar-refractivity contribution in [3.63, 3.8) is 0 Å². The summed E-state index contributed by atoms with van der Waals surface area (Å²) in [5.74, 6) is 0. The number of nitrogens with zero attached hydrogens (tertiary/aromatic N) is 3. The van der Waals surface area contributed by atoms with Gasteiger partial charge in [-0.3, -0.25) is 4.98 Å². The lowest BCUT2D eigenvalue weighted by molar-refractivity contribution is 1.07. The minimum atomic E-state index is 0.912. The molecule has 2 aromatic heterocycles. The van der Waals surface area contributed by atoms with Crippen molar-refractivity contribution >= 4 is 0 Å². The number of aromatic nitrogens is 3. The minimum Gasteiger partial charge on any atom is -0.264 e. The fraction of sp³-hybridized carbons (Fsp3) is 0.100. The van der Waals surface area contributed by atoms with E-state index in [2.05, 4.69) is 15.0 Å². The first kappa shape index (κ1) is 6.71. The predicted octanol–water partition coefficient (Wildman–Crippen LogP) is 1.44. The van der Waals surface area contributed by atoms with Gasteiger partial charge in [0, 0.05) is 36.1 Å². The zero-order valence-electron chi connectivity index (χ0n) is 6.94. The molecule has 13 heavy (non-hydrogen) atoms. The fourth-order valence-corrected chi connectivity index (χ4v) is 1.72. The van der Waals surface area contributed by atoms with E-state index in [1.165, 1.54) is 11.1 Å². The van der Waals surface area contributed by atoms with Crippen LogP contribution in [0.5, 0.6) is 0 Å². The van der Waals surface area contributed by atoms with Crippen molar-refractivity contribution in [2.24, 2.45) is 0 Å². The van der Waals surface area contributed by atoms with Gasteiger partial charge in [0.15, 0.2) is 0 Å². The van der Waals surface area contributed by atoms with Crippen LogP contribution in [0, 0.1) is 0 Å². The van der Waals surface area contributed by atoms with Gasteiger partial charge in [0.05, 0.1) is 5.69 Å². The van der Waals surface area contributed by atoms with Gasteiger partial charge in [-0.25, -0.2) is 9.97 Å². The fourth-order valence-electron chi connectivity index (χ4n) is 1.72. The lowest BCUT2D eigenvalue weighted by Crippen LogP contribution is -1.86. The molecule has 0 unspecified atom stereocenters. The largest absolute Gasteiger partial charge is 0.264 e. The molecule has 62 valence electrons. The van der Waals surface area contributed by atoms with Crippen LogP contribution < -0.4 is 0 Å². The van der Waals surface area contributed by atoms with E-state index in [-0.39, 0.29) is 0 Å². The summed E-state index contributed by atoms with van der Waals surface area (Å²) in [6.07, 6.45) is 8.06. The van der Waals surface area contributed by atoms with Crippen LogP contribution in [0.3, 0.4) is 0 Å². The Hall–Kier alpha value is -1.77. The first-order chi connectivity index (χ1) is 6.45. The highest BCUT2D eigenvalue weighted by atomic mass is 14.8. The van der Waals surface area contributed by atoms with Crippen LogP contribution >= 0.6 is 0 Å². The Kier molecular flexibility index (Phi) is 1.22. The Morgan fingerprint density at radius 2 is 2.00 bits per heavy atom. The van der Waals surface area contributed by atoms with Gasteiger partial charge in [0.1, 0.15) is 6.33 Å². The topological polar surface area (TPSA) is 38.7 Å². The molecule has 0 bridgehead atoms. The van der Waals surface area contributed by atoms with Crippen LogP contribution in [-0.2, 0) is 6.42 Å². The number of pyridine rings is 1. The molecule has 3 rings (SSSR count). The molecular weight excluding hydrogens is 162 g/mol. The Morgan fingerprint density at radius 1 is 1.08 bits per heavy atom. The quantitative estimate of drug-likeness (QED) is 0.511. The molecule has 0 saturated heterocycles. The summed E-state index contributed by atoms with van der Waals surface area (Å²) in [6.45, 7) is 0. The lowest BCUT2D eigenvalue weighted by atomic mass is 10.1. The summed E-state index contributed by atoms with van der Waals surface area (Å²) >= 11 is 0. The monoisotopic (exact) mass is 169 g/mol. The van der Waals surface area contributed by atoms with Gasteiger partial charge < -0.3 is 0 Å². The molecule has 0 aliphatic heterocycles. The van der Waals surface area contributed by atoms with Gasteiger partial charge in [-0.1, -0.05) is 0 Å². The molecule has 1 aliphatic rings. The van der Waals surface area contributed by atoms with Gasteiger partial charge in [-0.15, -0.1) is 0 Å². The van der Waals surface area contributed by atoms with E-state index in [9.17, 15) is 0 Å². The van der Waals surface area contributed by atoms with Crippen molar-refractivity contribution in [2.75, 3.05) is 0 Å². The molecule has 3 nitrogen and oxygen atoms in total. The van der Waals surface area contributed by atoms with Crippen molar-refractivity contribution < 1.29 is 0 Å². The third-order valence-corrected chi connectivity index (χ3v) is 2.35. The molecule has 0 fully saturated rings. The zero-order chi connectivity index (χ0) is 8.67. The molecule has 2 aromatic rings. The van der Waals surface area contributed by atoms with Crippen LogP contribution in [0.2, 0.25) is 0 Å². The van der Waals surface area contributed by atoms with E-state index in [1.54, 1.807) is 6.33 Å². The number of rotatable bonds is 0. The van der Waals surface area contributed by atoms with Gasteiger partial charge in [-0.05, 0) is 11.6 Å². The van der Waals surface area contributed by atoms with E-state index in [0.717, 1.165) is 17.7 Å². The second-order valence-electron chi connectivity index (χ2n) is 3.09. The van der Waals surface area contributed by atoms with Crippen molar-refractivity contribution in [3.8, 4) is 11.1 Å². The van der Waals surface area contributed by atoms with Gasteiger partial charge in [0.2, 0.25) is 0 Å². The second kappa shape index (κ2) is 2.36. The maximum atomic E-state index is 4.24. The zero-order valence-corrected chi connectivity index (χ0v) is 6.94. The molecule has 0 aromatic carbocycles. The highest BCUT2D eigenvalue weighted by Crippen LogP contribution is 2.33. The number of hydrogen-bond acceptors (Lipinski definition) is 3. The maximum Gasteiger partial charge on any atom is 0.115 e. The first-order valence-corrected chi connectivity index (χ1v) is 4.17. The van der Waals surface area contributed by atoms with Crippen LogP contribution in [-0.4, -0.2) is 15.0 Å². The number of fused-ring (bicyclic) bond motifs is 3. The molecule has 0 saturated carbocycles. The summed E-state index contributed by atoms with van der Waals surface area (Å²) in [4.78, 5) is 12.4. The van der Waals surface area contributed by atoms with E-state index >= 15 is 0 Å². The Balaban J connectivity index is 2.32. The molecule has 2 heterocycles. The van der Waals surface area contributed by atoms with Crippen LogP contribution in [0.4, 0.5) is 0 Å². The molecule has 3 heteroatoms. The minimum absolute atomic E-state index is 0.912. The first-order valence-electron chi connectivity index (χ1n) is 4.17. The van der Waals surface area contributed by atoms with E-state index in [1.807, 2.05) is 24.7 Å². The molecule has 0 atom stereocenters. The molecule has 0 radical (unpaired) electrons. The Labute approximate surface area is 75.5 Å². The average Bonchev–Trinajstić information content (AvgIpc) is 2.56. The van der Waals surface area contributed by atoms with Crippen LogP contribution in [0.25, 0.3) is 11.1 Å². The van der Waals surface area contributed by atoms with Gasteiger partial charge in [-0.2, -0.15) is 0 Å². The Bertz CT molecular complexity index is 422. The molecule has 0 N–H and O–H groups in total. The van der Waals surface area contributed by atoms with Crippen molar-refractivity contribution in [3.05, 3.63) is 42.2 Å². The summed E-state index contributed by atoms with van der Waals surface area (Å²) in [5.41, 5.74) is 4.72. The third kappa shape index (κ3) is 0.869. The van der Waals surface area contributed by atoms with Crippen LogP contribution in [0.15, 0.2) is 31.0 Å². The summed E-state index contributed by atoms with van der Waals surface area (Å²) in [7, 11) is 0. The standard InChI is InChI=1S/C10H7N3/c1-2-11-4-8-7(1)3-10-9(8)5-12-6-13-10/h1-2,4-6H,3H2. The second-order valence-corrected chi connectivity index (χ2v) is 3.09. The molecule has 0 amide bonds. The SMILES string of the molecule is c1cc2c(cn1)-c1cncnc1C2. The normalized spacial score (nSPS) is 12.3. The molecule has 0 spiro atoms. The van der Waals surface area contributed by atoms with Gasteiger partial charge >= 0.3 is 0 Å². The average molecular weight is 169 g/mol. The maximum absolute atomic E-state index is 4.24. The third-order valence-electron chi connectivity index (χ3n) is 2.35. The Morgan fingerprint density at radius 3 is 3.00 bits per heavy atom. The summed E-state index contributed by atoms with van der Waals surface area (Å²) in [6, 6.07) is 2.04.